The first-order valence-electron chi connectivity index (χ1n) is 9.18. The Bertz CT molecular complexity index is 474. The van der Waals surface area contributed by atoms with Gasteiger partial charge >= 0.3 is 0 Å². The third-order valence-electron chi connectivity index (χ3n) is 5.61. The molecule has 3 rings (SSSR count). The van der Waals surface area contributed by atoms with E-state index in [4.69, 9.17) is 0 Å². The summed E-state index contributed by atoms with van der Waals surface area (Å²) in [6.45, 7) is 10.0. The Balaban J connectivity index is 1.53. The summed E-state index contributed by atoms with van der Waals surface area (Å²) < 4.78 is 29.1. The molecule has 3 aliphatic rings. The van der Waals surface area contributed by atoms with Crippen LogP contribution in [0.3, 0.4) is 0 Å². The van der Waals surface area contributed by atoms with Gasteiger partial charge in [0, 0.05) is 52.4 Å². The second kappa shape index (κ2) is 7.35. The van der Waals surface area contributed by atoms with Gasteiger partial charge in [-0.15, -0.1) is 0 Å². The molecule has 1 N–H and O–H groups in total. The maximum absolute atomic E-state index is 12.8. The summed E-state index contributed by atoms with van der Waals surface area (Å²) in [6, 6.07) is 0. The molecule has 0 bridgehead atoms. The van der Waals surface area contributed by atoms with E-state index >= 15 is 0 Å². The second-order valence-corrected chi connectivity index (χ2v) is 9.66. The zero-order valence-electron chi connectivity index (χ0n) is 14.5. The highest BCUT2D eigenvalue weighted by molar-refractivity contribution is 7.86. The molecule has 0 aromatic heterocycles. The molecule has 0 saturated carbocycles. The first-order chi connectivity index (χ1) is 11.0. The van der Waals surface area contributed by atoms with Crippen molar-refractivity contribution >= 4 is 10.2 Å². The lowest BCUT2D eigenvalue weighted by atomic mass is 9.89. The molecule has 0 aliphatic carbocycles. The van der Waals surface area contributed by atoms with Crippen molar-refractivity contribution in [3.8, 4) is 0 Å². The molecule has 3 fully saturated rings. The Morgan fingerprint density at radius 2 is 1.52 bits per heavy atom. The largest absolute Gasteiger partial charge is 0.316 e. The van der Waals surface area contributed by atoms with Gasteiger partial charge in [-0.3, -0.25) is 0 Å². The van der Waals surface area contributed by atoms with E-state index < -0.39 is 10.2 Å². The highest BCUT2D eigenvalue weighted by Crippen LogP contribution is 2.26. The Kier molecular flexibility index (Phi) is 5.63. The van der Waals surface area contributed by atoms with Gasteiger partial charge < -0.3 is 10.2 Å². The minimum atomic E-state index is -3.25. The van der Waals surface area contributed by atoms with Gasteiger partial charge in [-0.05, 0) is 31.2 Å². The van der Waals surface area contributed by atoms with Crippen LogP contribution in [0.1, 0.15) is 39.0 Å². The maximum atomic E-state index is 12.8. The standard InChI is InChI=1S/C16H32N4O2S/c1-16(6-7-17-14-16)15-18-10-12-20(13-11-18)23(21,22)19-8-4-2-3-5-9-19/h17H,2-15H2,1H3. The van der Waals surface area contributed by atoms with Crippen molar-refractivity contribution in [3.05, 3.63) is 0 Å². The third-order valence-corrected chi connectivity index (χ3v) is 7.65. The highest BCUT2D eigenvalue weighted by Gasteiger charge is 2.35. The number of nitrogens with one attached hydrogen (secondary N) is 1. The maximum Gasteiger partial charge on any atom is 0.282 e. The molecular formula is C16H32N4O2S. The van der Waals surface area contributed by atoms with Crippen LogP contribution >= 0.6 is 0 Å². The number of piperazine rings is 1. The lowest BCUT2D eigenvalue weighted by molar-refractivity contribution is 0.129. The lowest BCUT2D eigenvalue weighted by Crippen LogP contribution is -2.54. The quantitative estimate of drug-likeness (QED) is 0.817. The van der Waals surface area contributed by atoms with E-state index in [1.807, 2.05) is 0 Å². The van der Waals surface area contributed by atoms with Crippen LogP contribution < -0.4 is 5.32 Å². The predicted octanol–water partition coefficient (Wildman–Crippen LogP) is 0.724. The van der Waals surface area contributed by atoms with Crippen molar-refractivity contribution in [2.24, 2.45) is 5.41 Å². The van der Waals surface area contributed by atoms with Crippen molar-refractivity contribution in [1.29, 1.82) is 0 Å². The molecule has 3 aliphatic heterocycles. The SMILES string of the molecule is CC1(CN2CCN(S(=O)(=O)N3CCCCCC3)CC2)CCNC1. The normalized spacial score (nSPS) is 32.9. The van der Waals surface area contributed by atoms with Gasteiger partial charge in [0.1, 0.15) is 0 Å². The molecule has 1 unspecified atom stereocenters. The molecule has 0 aromatic rings. The van der Waals surface area contributed by atoms with Crippen molar-refractivity contribution in [1.82, 2.24) is 18.8 Å². The zero-order valence-corrected chi connectivity index (χ0v) is 15.3. The summed E-state index contributed by atoms with van der Waals surface area (Å²) in [5.41, 5.74) is 0.353. The molecule has 7 heteroatoms. The van der Waals surface area contributed by atoms with Crippen molar-refractivity contribution in [3.63, 3.8) is 0 Å². The van der Waals surface area contributed by atoms with E-state index in [0.29, 0.717) is 31.6 Å². The highest BCUT2D eigenvalue weighted by atomic mass is 32.2. The first kappa shape index (κ1) is 17.6. The molecule has 134 valence electrons. The van der Waals surface area contributed by atoms with Gasteiger partial charge in [0.15, 0.2) is 0 Å². The third kappa shape index (κ3) is 4.25. The van der Waals surface area contributed by atoms with Crippen LogP contribution in [-0.4, -0.2) is 80.8 Å². The molecule has 0 spiro atoms. The van der Waals surface area contributed by atoms with Gasteiger partial charge in [-0.25, -0.2) is 0 Å². The number of hydrogen-bond acceptors (Lipinski definition) is 4. The van der Waals surface area contributed by atoms with Crippen molar-refractivity contribution in [2.45, 2.75) is 39.0 Å². The zero-order chi connectivity index (χ0) is 16.3. The number of hydrogen-bond donors (Lipinski definition) is 1. The van der Waals surface area contributed by atoms with Gasteiger partial charge in [-0.1, -0.05) is 19.8 Å². The number of rotatable bonds is 4. The summed E-state index contributed by atoms with van der Waals surface area (Å²) in [5, 5.41) is 3.44. The fraction of sp³-hybridized carbons (Fsp3) is 1.00. The van der Waals surface area contributed by atoms with E-state index in [0.717, 1.165) is 58.4 Å². The Hall–Kier alpha value is -0.210. The molecular weight excluding hydrogens is 312 g/mol. The van der Waals surface area contributed by atoms with E-state index in [1.54, 1.807) is 8.61 Å². The average molecular weight is 345 g/mol. The molecule has 23 heavy (non-hydrogen) atoms. The molecule has 0 aromatic carbocycles. The smallest absolute Gasteiger partial charge is 0.282 e. The topological polar surface area (TPSA) is 55.9 Å². The molecule has 3 saturated heterocycles. The van der Waals surface area contributed by atoms with Crippen LogP contribution in [0.4, 0.5) is 0 Å². The fourth-order valence-corrected chi connectivity index (χ4v) is 5.77. The molecule has 0 radical (unpaired) electrons. The second-order valence-electron chi connectivity index (χ2n) is 7.73. The lowest BCUT2D eigenvalue weighted by Gasteiger charge is -2.39. The van der Waals surface area contributed by atoms with E-state index in [9.17, 15) is 8.42 Å². The van der Waals surface area contributed by atoms with Crippen molar-refractivity contribution < 1.29 is 8.42 Å². The van der Waals surface area contributed by atoms with Crippen LogP contribution in [0.5, 0.6) is 0 Å². The summed E-state index contributed by atoms with van der Waals surface area (Å²) in [4.78, 5) is 2.45. The Morgan fingerprint density at radius 3 is 2.09 bits per heavy atom. The van der Waals surface area contributed by atoms with Crippen LogP contribution in [0, 0.1) is 5.41 Å². The van der Waals surface area contributed by atoms with Gasteiger partial charge in [0.2, 0.25) is 0 Å². The van der Waals surface area contributed by atoms with Gasteiger partial charge in [0.05, 0.1) is 0 Å². The van der Waals surface area contributed by atoms with Gasteiger partial charge in [-0.2, -0.15) is 17.0 Å². The molecule has 1 atom stereocenters. The van der Waals surface area contributed by atoms with Crippen LogP contribution in [-0.2, 0) is 10.2 Å². The van der Waals surface area contributed by atoms with E-state index in [2.05, 4.69) is 17.1 Å². The minimum Gasteiger partial charge on any atom is -0.316 e. The van der Waals surface area contributed by atoms with Crippen LogP contribution in [0.2, 0.25) is 0 Å². The fourth-order valence-electron chi connectivity index (χ4n) is 4.10. The number of nitrogens with zero attached hydrogens (tertiary/aromatic N) is 3. The summed E-state index contributed by atoms with van der Waals surface area (Å²) in [5.74, 6) is 0. The van der Waals surface area contributed by atoms with E-state index in [1.165, 1.54) is 6.42 Å². The van der Waals surface area contributed by atoms with Crippen LogP contribution in [0.15, 0.2) is 0 Å². The summed E-state index contributed by atoms with van der Waals surface area (Å²) in [6.07, 6.45) is 5.55. The first-order valence-corrected chi connectivity index (χ1v) is 10.6. The minimum absolute atomic E-state index is 0.353. The summed E-state index contributed by atoms with van der Waals surface area (Å²) in [7, 11) is -3.25. The van der Waals surface area contributed by atoms with Gasteiger partial charge in [0.25, 0.3) is 10.2 Å². The molecule has 6 nitrogen and oxygen atoms in total. The average Bonchev–Trinajstić information content (AvgIpc) is 2.78. The Morgan fingerprint density at radius 1 is 0.913 bits per heavy atom. The molecule has 3 heterocycles. The Labute approximate surface area is 141 Å². The van der Waals surface area contributed by atoms with Crippen molar-refractivity contribution in [2.75, 3.05) is 58.9 Å². The monoisotopic (exact) mass is 344 g/mol. The predicted molar refractivity (Wildman–Crippen MR) is 92.6 cm³/mol. The summed E-state index contributed by atoms with van der Waals surface area (Å²) >= 11 is 0. The van der Waals surface area contributed by atoms with Crippen LogP contribution in [0.25, 0.3) is 0 Å². The molecule has 0 amide bonds. The van der Waals surface area contributed by atoms with E-state index in [-0.39, 0.29) is 0 Å².